The van der Waals surface area contributed by atoms with Crippen molar-refractivity contribution in [3.63, 3.8) is 0 Å². The van der Waals surface area contributed by atoms with Crippen LogP contribution < -0.4 is 9.64 Å². The van der Waals surface area contributed by atoms with Crippen LogP contribution in [0.4, 0.5) is 10.1 Å². The molecule has 0 aliphatic carbocycles. The third kappa shape index (κ3) is 3.91. The minimum atomic E-state index is -0.858. The number of benzene rings is 2. The fourth-order valence-electron chi connectivity index (χ4n) is 3.78. The van der Waals surface area contributed by atoms with Gasteiger partial charge in [0.05, 0.1) is 11.7 Å². The van der Waals surface area contributed by atoms with Crippen LogP contribution in [0.5, 0.6) is 5.75 Å². The van der Waals surface area contributed by atoms with Crippen LogP contribution in [-0.4, -0.2) is 22.9 Å². The van der Waals surface area contributed by atoms with E-state index in [1.54, 1.807) is 36.4 Å². The van der Waals surface area contributed by atoms with E-state index in [1.165, 1.54) is 34.4 Å². The van der Waals surface area contributed by atoms with Crippen molar-refractivity contribution < 1.29 is 23.8 Å². The van der Waals surface area contributed by atoms with Crippen molar-refractivity contribution in [2.45, 2.75) is 32.9 Å². The Bertz CT molecular complexity index is 1220. The van der Waals surface area contributed by atoms with E-state index in [4.69, 9.17) is 4.74 Å². The molecular weight excluding hydrogens is 429 g/mol. The second-order valence-corrected chi connectivity index (χ2v) is 8.79. The van der Waals surface area contributed by atoms with E-state index < -0.39 is 23.5 Å². The fraction of sp³-hybridized carbons (Fsp3) is 0.200. The molecule has 0 spiro atoms. The zero-order chi connectivity index (χ0) is 23.0. The van der Waals surface area contributed by atoms with E-state index in [9.17, 15) is 19.1 Å². The predicted octanol–water partition coefficient (Wildman–Crippen LogP) is 5.61. The number of amides is 1. The Hall–Kier alpha value is -3.45. The molecule has 0 saturated carbocycles. The van der Waals surface area contributed by atoms with Crippen molar-refractivity contribution in [1.82, 2.24) is 0 Å². The number of carbonyl (C=O) groups is 2. The Labute approximate surface area is 189 Å². The molecule has 1 unspecified atom stereocenters. The van der Waals surface area contributed by atoms with Crippen LogP contribution in [0.15, 0.2) is 65.6 Å². The number of nitrogens with zero attached hydrogens (tertiary/aromatic N) is 1. The summed E-state index contributed by atoms with van der Waals surface area (Å²) < 4.78 is 19.7. The van der Waals surface area contributed by atoms with Crippen LogP contribution in [0.2, 0.25) is 0 Å². The molecule has 0 radical (unpaired) electrons. The largest absolute Gasteiger partial charge is 0.507 e. The van der Waals surface area contributed by atoms with Crippen molar-refractivity contribution in [2.24, 2.45) is 0 Å². The standard InChI is InChI=1S/C25H22FNO4S/c1-14(2)31-19-10-9-16(12-15(19)3)23(28)21-22(20-8-5-11-32-20)27(25(30)24(21)29)18-7-4-6-17(26)13-18/h4-14,22,28H,1-3H3/b23-21-. The number of Topliss-reactive ketones (excluding diaryl/α,β-unsaturated/α-hetero) is 1. The first-order valence-corrected chi connectivity index (χ1v) is 11.0. The number of aliphatic hydroxyl groups excluding tert-OH is 1. The maximum absolute atomic E-state index is 13.9. The lowest BCUT2D eigenvalue weighted by Gasteiger charge is -2.24. The van der Waals surface area contributed by atoms with Crippen molar-refractivity contribution in [3.05, 3.63) is 87.4 Å². The molecule has 1 aliphatic heterocycles. The van der Waals surface area contributed by atoms with Gasteiger partial charge in [0.15, 0.2) is 0 Å². The van der Waals surface area contributed by atoms with Gasteiger partial charge in [-0.2, -0.15) is 0 Å². The minimum absolute atomic E-state index is 0.0106. The van der Waals surface area contributed by atoms with E-state index in [0.717, 1.165) is 5.56 Å². The first kappa shape index (κ1) is 21.8. The summed E-state index contributed by atoms with van der Waals surface area (Å²) in [4.78, 5) is 28.0. The Morgan fingerprint density at radius 2 is 1.91 bits per heavy atom. The molecule has 1 atom stereocenters. The summed E-state index contributed by atoms with van der Waals surface area (Å²) in [6.45, 7) is 5.68. The van der Waals surface area contributed by atoms with Gasteiger partial charge in [-0.15, -0.1) is 11.3 Å². The van der Waals surface area contributed by atoms with Gasteiger partial charge in [0.25, 0.3) is 11.7 Å². The van der Waals surface area contributed by atoms with Crippen LogP contribution in [0.25, 0.3) is 5.76 Å². The molecule has 3 aromatic rings. The number of hydrogen-bond acceptors (Lipinski definition) is 5. The summed E-state index contributed by atoms with van der Waals surface area (Å²) in [5.41, 5.74) is 1.41. The first-order valence-electron chi connectivity index (χ1n) is 10.2. The van der Waals surface area contributed by atoms with Gasteiger partial charge in [-0.3, -0.25) is 14.5 Å². The minimum Gasteiger partial charge on any atom is -0.507 e. The smallest absolute Gasteiger partial charge is 0.300 e. The highest BCUT2D eigenvalue weighted by molar-refractivity contribution is 7.10. The first-order chi connectivity index (χ1) is 15.3. The summed E-state index contributed by atoms with van der Waals surface area (Å²) in [6.07, 6.45) is -0.0106. The van der Waals surface area contributed by atoms with Crippen molar-refractivity contribution in [2.75, 3.05) is 4.90 Å². The summed E-state index contributed by atoms with van der Waals surface area (Å²) in [7, 11) is 0. The van der Waals surface area contributed by atoms with Crippen LogP contribution in [-0.2, 0) is 9.59 Å². The van der Waals surface area contributed by atoms with Gasteiger partial charge < -0.3 is 9.84 Å². The lowest BCUT2D eigenvalue weighted by atomic mass is 9.98. The molecule has 1 aromatic heterocycles. The normalized spacial score (nSPS) is 17.9. The summed E-state index contributed by atoms with van der Waals surface area (Å²) in [5.74, 6) is -1.76. The highest BCUT2D eigenvalue weighted by Crippen LogP contribution is 2.43. The molecule has 1 aliphatic rings. The number of ketones is 1. The van der Waals surface area contributed by atoms with E-state index in [0.29, 0.717) is 16.2 Å². The topological polar surface area (TPSA) is 66.8 Å². The average molecular weight is 452 g/mol. The molecule has 4 rings (SSSR count). The lowest BCUT2D eigenvalue weighted by Crippen LogP contribution is -2.29. The quantitative estimate of drug-likeness (QED) is 0.311. The van der Waals surface area contributed by atoms with Crippen LogP contribution in [0.3, 0.4) is 0 Å². The zero-order valence-corrected chi connectivity index (χ0v) is 18.7. The molecular formula is C25H22FNO4S. The van der Waals surface area contributed by atoms with Crippen molar-refractivity contribution in [1.29, 1.82) is 0 Å². The number of rotatable bonds is 5. The molecule has 5 nitrogen and oxygen atoms in total. The van der Waals surface area contributed by atoms with Crippen molar-refractivity contribution in [3.8, 4) is 5.75 Å². The second kappa shape index (κ2) is 8.59. The average Bonchev–Trinajstić information content (AvgIpc) is 3.36. The van der Waals surface area contributed by atoms with Gasteiger partial charge in [-0.25, -0.2) is 4.39 Å². The molecule has 1 fully saturated rings. The summed E-state index contributed by atoms with van der Waals surface area (Å²) in [6, 6.07) is 13.3. The zero-order valence-electron chi connectivity index (χ0n) is 17.8. The van der Waals surface area contributed by atoms with Gasteiger partial charge in [0, 0.05) is 16.1 Å². The predicted molar refractivity (Wildman–Crippen MR) is 122 cm³/mol. The molecule has 2 heterocycles. The Morgan fingerprint density at radius 3 is 2.53 bits per heavy atom. The molecule has 0 bridgehead atoms. The van der Waals surface area contributed by atoms with Crippen LogP contribution >= 0.6 is 11.3 Å². The van der Waals surface area contributed by atoms with Crippen LogP contribution in [0, 0.1) is 12.7 Å². The number of aliphatic hydroxyl groups is 1. The number of hydrogen-bond donors (Lipinski definition) is 1. The van der Waals surface area contributed by atoms with E-state index in [1.807, 2.05) is 26.2 Å². The fourth-order valence-corrected chi connectivity index (χ4v) is 4.60. The Kier molecular flexibility index (Phi) is 5.84. The highest BCUT2D eigenvalue weighted by atomic mass is 32.1. The van der Waals surface area contributed by atoms with E-state index in [-0.39, 0.29) is 23.1 Å². The number of carbonyl (C=O) groups excluding carboxylic acids is 2. The molecule has 7 heteroatoms. The molecule has 164 valence electrons. The number of ether oxygens (including phenoxy) is 1. The van der Waals surface area contributed by atoms with E-state index in [2.05, 4.69) is 0 Å². The van der Waals surface area contributed by atoms with E-state index >= 15 is 0 Å². The molecule has 32 heavy (non-hydrogen) atoms. The summed E-state index contributed by atoms with van der Waals surface area (Å²) >= 11 is 1.35. The van der Waals surface area contributed by atoms with Gasteiger partial charge in [-0.05, 0) is 74.2 Å². The van der Waals surface area contributed by atoms with Crippen LogP contribution in [0.1, 0.15) is 35.9 Å². The highest BCUT2D eigenvalue weighted by Gasteiger charge is 2.47. The lowest BCUT2D eigenvalue weighted by molar-refractivity contribution is -0.132. The molecule has 1 saturated heterocycles. The van der Waals surface area contributed by atoms with Gasteiger partial charge in [-0.1, -0.05) is 12.1 Å². The second-order valence-electron chi connectivity index (χ2n) is 7.81. The third-order valence-electron chi connectivity index (χ3n) is 5.15. The molecule has 1 N–H and O–H groups in total. The van der Waals surface area contributed by atoms with Gasteiger partial charge >= 0.3 is 0 Å². The maximum atomic E-state index is 13.9. The van der Waals surface area contributed by atoms with Gasteiger partial charge in [0.1, 0.15) is 23.4 Å². The van der Waals surface area contributed by atoms with Crippen molar-refractivity contribution >= 4 is 34.5 Å². The number of thiophene rings is 1. The molecule has 1 amide bonds. The monoisotopic (exact) mass is 451 g/mol. The number of anilines is 1. The number of aryl methyl sites for hydroxylation is 1. The Balaban J connectivity index is 1.86. The maximum Gasteiger partial charge on any atom is 0.300 e. The number of halogens is 1. The summed E-state index contributed by atoms with van der Waals surface area (Å²) in [5, 5.41) is 13.0. The third-order valence-corrected chi connectivity index (χ3v) is 6.08. The Morgan fingerprint density at radius 1 is 1.12 bits per heavy atom. The van der Waals surface area contributed by atoms with Gasteiger partial charge in [0.2, 0.25) is 0 Å². The molecule has 2 aromatic carbocycles. The SMILES string of the molecule is Cc1cc(/C(O)=C2/C(=O)C(=O)N(c3cccc(F)c3)C2c2cccs2)ccc1OC(C)C.